The first-order chi connectivity index (χ1) is 18.7. The van der Waals surface area contributed by atoms with Gasteiger partial charge in [0, 0.05) is 37.6 Å². The van der Waals surface area contributed by atoms with Crippen molar-refractivity contribution in [3.8, 4) is 28.7 Å². The van der Waals surface area contributed by atoms with Crippen LogP contribution in [0.3, 0.4) is 0 Å². The number of imidazole rings is 1. The van der Waals surface area contributed by atoms with E-state index in [4.69, 9.17) is 29.8 Å². The quantitative estimate of drug-likeness (QED) is 0.255. The van der Waals surface area contributed by atoms with Crippen molar-refractivity contribution in [1.29, 1.82) is 0 Å². The maximum Gasteiger partial charge on any atom is 0.317 e. The lowest BCUT2D eigenvalue weighted by Crippen LogP contribution is -2.47. The summed E-state index contributed by atoms with van der Waals surface area (Å²) in [5.74, 6) is -1.39. The molecule has 2 aromatic heterocycles. The topological polar surface area (TPSA) is 172 Å². The average molecular weight is 542 g/mol. The molecular weight excluding hydrogens is 513 g/mol. The van der Waals surface area contributed by atoms with Crippen molar-refractivity contribution < 1.29 is 38.0 Å². The summed E-state index contributed by atoms with van der Waals surface area (Å²) in [4.78, 5) is 40.8. The first-order valence-corrected chi connectivity index (χ1v) is 12.4. The highest BCUT2D eigenvalue weighted by Gasteiger charge is 2.55. The summed E-state index contributed by atoms with van der Waals surface area (Å²) < 4.78 is 36.3. The van der Waals surface area contributed by atoms with Gasteiger partial charge in [-0.3, -0.25) is 9.59 Å². The number of amides is 1. The largest absolute Gasteiger partial charge is 0.463 e. The van der Waals surface area contributed by atoms with E-state index in [9.17, 15) is 14.0 Å². The number of halogens is 1. The third kappa shape index (κ3) is 5.60. The molecule has 1 saturated carbocycles. The number of rotatable bonds is 10. The van der Waals surface area contributed by atoms with E-state index in [-0.39, 0.29) is 32.4 Å². The lowest BCUT2D eigenvalue weighted by Gasteiger charge is -2.35. The number of aliphatic hydroxyl groups excluding tert-OH is 1. The molecule has 0 atom stereocenters. The summed E-state index contributed by atoms with van der Waals surface area (Å²) in [6.45, 7) is 1.74. The number of nitrogens with one attached hydrogen (secondary N) is 1. The van der Waals surface area contributed by atoms with E-state index in [0.717, 1.165) is 0 Å². The van der Waals surface area contributed by atoms with Crippen LogP contribution < -0.4 is 10.5 Å². The van der Waals surface area contributed by atoms with Crippen molar-refractivity contribution in [2.75, 3.05) is 26.4 Å². The number of aliphatic hydroxyl groups is 1. The number of aromatic nitrogens is 4. The van der Waals surface area contributed by atoms with Crippen molar-refractivity contribution in [3.63, 3.8) is 0 Å². The molecular formula is C26H28FN5O7. The Bertz CT molecular complexity index is 1350. The van der Waals surface area contributed by atoms with Gasteiger partial charge >= 0.3 is 12.0 Å². The van der Waals surface area contributed by atoms with Crippen LogP contribution in [0.15, 0.2) is 36.5 Å². The van der Waals surface area contributed by atoms with Crippen LogP contribution in [0.5, 0.6) is 6.01 Å². The lowest BCUT2D eigenvalue weighted by molar-refractivity contribution is -0.240. The number of H-pyrrole nitrogens is 1. The predicted octanol–water partition coefficient (Wildman–Crippen LogP) is 2.05. The number of nitrogens with zero attached hydrogens (tertiary/aromatic N) is 3. The predicted molar refractivity (Wildman–Crippen MR) is 132 cm³/mol. The maximum atomic E-state index is 13.6. The van der Waals surface area contributed by atoms with E-state index in [0.29, 0.717) is 47.7 Å². The van der Waals surface area contributed by atoms with Crippen LogP contribution in [-0.4, -0.2) is 68.9 Å². The fourth-order valence-corrected chi connectivity index (χ4v) is 3.98. The molecule has 1 amide bonds. The van der Waals surface area contributed by atoms with Gasteiger partial charge in [0.15, 0.2) is 11.4 Å². The molecule has 13 heteroatoms. The normalized spacial score (nSPS) is 21.8. The summed E-state index contributed by atoms with van der Waals surface area (Å²) in [6.07, 6.45) is 1.79. The number of primary amides is 1. The van der Waals surface area contributed by atoms with Gasteiger partial charge in [-0.25, -0.2) is 14.4 Å². The molecule has 1 saturated heterocycles. The zero-order valence-corrected chi connectivity index (χ0v) is 21.2. The Labute approximate surface area is 222 Å². The minimum atomic E-state index is -1.24. The highest BCUT2D eigenvalue weighted by atomic mass is 19.1. The zero-order valence-electron chi connectivity index (χ0n) is 21.2. The van der Waals surface area contributed by atoms with Crippen molar-refractivity contribution in [3.05, 3.63) is 48.2 Å². The summed E-state index contributed by atoms with van der Waals surface area (Å²) >= 11 is 0. The number of ether oxygens (including phenoxy) is 4. The van der Waals surface area contributed by atoms with Gasteiger partial charge < -0.3 is 34.8 Å². The van der Waals surface area contributed by atoms with Crippen LogP contribution in [0, 0.1) is 11.2 Å². The molecule has 3 heterocycles. The number of hydrogen-bond donors (Lipinski definition) is 3. The fourth-order valence-electron chi connectivity index (χ4n) is 3.98. The van der Waals surface area contributed by atoms with E-state index in [1.165, 1.54) is 18.3 Å². The van der Waals surface area contributed by atoms with E-state index in [1.807, 2.05) is 0 Å². The molecule has 0 spiro atoms. The first kappa shape index (κ1) is 26.7. The Morgan fingerprint density at radius 1 is 1.18 bits per heavy atom. The smallest absolute Gasteiger partial charge is 0.317 e. The van der Waals surface area contributed by atoms with Gasteiger partial charge in [-0.2, -0.15) is 4.98 Å². The summed E-state index contributed by atoms with van der Waals surface area (Å²) in [7, 11) is 0. The molecule has 2 aliphatic rings. The van der Waals surface area contributed by atoms with Gasteiger partial charge in [0.1, 0.15) is 11.2 Å². The van der Waals surface area contributed by atoms with Crippen LogP contribution >= 0.6 is 0 Å². The average Bonchev–Trinajstić information content (AvgIpc) is 3.59. The van der Waals surface area contributed by atoms with E-state index in [1.54, 1.807) is 25.1 Å². The molecule has 0 bridgehead atoms. The molecule has 12 nitrogen and oxygen atoms in total. The number of carbonyl (C=O) groups is 2. The van der Waals surface area contributed by atoms with Gasteiger partial charge in [0.05, 0.1) is 36.9 Å². The number of nitrogens with two attached hydrogens (primary N) is 1. The van der Waals surface area contributed by atoms with Crippen LogP contribution in [0.4, 0.5) is 4.39 Å². The molecule has 1 aromatic carbocycles. The van der Waals surface area contributed by atoms with E-state index in [2.05, 4.69) is 19.9 Å². The maximum absolute atomic E-state index is 13.6. The van der Waals surface area contributed by atoms with Gasteiger partial charge in [-0.15, -0.1) is 0 Å². The molecule has 1 aliphatic heterocycles. The summed E-state index contributed by atoms with van der Waals surface area (Å²) in [5, 5.41) is 8.99. The molecule has 2 fully saturated rings. The van der Waals surface area contributed by atoms with Crippen molar-refractivity contribution in [2.24, 2.45) is 11.1 Å². The van der Waals surface area contributed by atoms with Gasteiger partial charge in [0.2, 0.25) is 6.29 Å². The fraction of sp³-hybridized carbons (Fsp3) is 0.423. The van der Waals surface area contributed by atoms with Crippen molar-refractivity contribution >= 4 is 11.9 Å². The second kappa shape index (κ2) is 10.7. The van der Waals surface area contributed by atoms with Crippen molar-refractivity contribution in [1.82, 2.24) is 19.9 Å². The molecule has 0 unspecified atom stereocenters. The molecule has 0 radical (unpaired) electrons. The Morgan fingerprint density at radius 2 is 1.90 bits per heavy atom. The van der Waals surface area contributed by atoms with Crippen LogP contribution in [0.2, 0.25) is 0 Å². The Hall–Kier alpha value is -3.94. The van der Waals surface area contributed by atoms with Crippen LogP contribution in [0.25, 0.3) is 22.6 Å². The molecule has 1 aliphatic carbocycles. The minimum absolute atomic E-state index is 0.0253. The number of hydrogen-bond acceptors (Lipinski definition) is 10. The van der Waals surface area contributed by atoms with Crippen LogP contribution in [-0.2, 0) is 23.8 Å². The molecule has 39 heavy (non-hydrogen) atoms. The summed E-state index contributed by atoms with van der Waals surface area (Å²) in [6, 6.07) is 7.58. The number of carbonyl (C=O) groups excluding carboxylic acids is 2. The first-order valence-electron chi connectivity index (χ1n) is 12.4. The number of aromatic amines is 1. The van der Waals surface area contributed by atoms with Crippen LogP contribution in [0.1, 0.15) is 38.3 Å². The van der Waals surface area contributed by atoms with Gasteiger partial charge in [-0.1, -0.05) is 0 Å². The Morgan fingerprint density at radius 3 is 2.54 bits per heavy atom. The zero-order chi connectivity index (χ0) is 27.6. The van der Waals surface area contributed by atoms with Gasteiger partial charge in [0.25, 0.3) is 5.91 Å². The third-order valence-corrected chi connectivity index (χ3v) is 6.53. The SMILES string of the molecule is CC1(C(=O)OC2(C(N)=O)CC2)COC(c2nc(-c3ccc(F)cc3)c(-c3ccnc(OCCCO)n3)[nH]2)OC1. The second-order valence-corrected chi connectivity index (χ2v) is 9.77. The Kier molecular flexibility index (Phi) is 7.30. The second-order valence-electron chi connectivity index (χ2n) is 9.77. The highest BCUT2D eigenvalue weighted by molar-refractivity contribution is 5.90. The number of esters is 1. The Balaban J connectivity index is 1.38. The van der Waals surface area contributed by atoms with Crippen molar-refractivity contribution in [2.45, 2.75) is 38.1 Å². The standard InChI is InChI=1S/C26H28FN5O7/c1-25(23(35)39-26(8-9-26)22(28)34)13-37-21(38-14-25)20-31-18(15-3-5-16(27)6-4-15)19(32-20)17-7-10-29-24(30-17)36-12-2-11-33/h3-7,10,21,33H,2,8-9,11-14H2,1H3,(H2,28,34)(H,31,32). The summed E-state index contributed by atoms with van der Waals surface area (Å²) in [5.41, 5.74) is 5.00. The lowest BCUT2D eigenvalue weighted by atomic mass is 9.92. The molecule has 3 aromatic rings. The monoisotopic (exact) mass is 541 g/mol. The number of benzene rings is 1. The van der Waals surface area contributed by atoms with Gasteiger partial charge in [-0.05, 0) is 37.3 Å². The van der Waals surface area contributed by atoms with E-state index < -0.39 is 35.0 Å². The third-order valence-electron chi connectivity index (χ3n) is 6.53. The highest BCUT2D eigenvalue weighted by Crippen LogP contribution is 2.42. The molecule has 206 valence electrons. The van der Waals surface area contributed by atoms with E-state index >= 15 is 0 Å². The molecule has 5 rings (SSSR count). The minimum Gasteiger partial charge on any atom is -0.463 e. The molecule has 4 N–H and O–H groups in total.